The Morgan fingerprint density at radius 2 is 2.04 bits per heavy atom. The maximum absolute atomic E-state index is 12.0. The third-order valence-corrected chi connectivity index (χ3v) is 4.79. The van der Waals surface area contributed by atoms with E-state index in [-0.39, 0.29) is 23.6 Å². The number of hydrogen-bond donors (Lipinski definition) is 2. The molecular weight excluding hydrogens is 328 g/mol. The molecule has 1 saturated heterocycles. The highest BCUT2D eigenvalue weighted by atomic mass is 32.2. The second-order valence-corrected chi connectivity index (χ2v) is 7.03. The molecule has 134 valence electrons. The number of piperidine rings is 1. The van der Waals surface area contributed by atoms with Crippen LogP contribution in [-0.2, 0) is 9.59 Å². The molecule has 0 atom stereocenters. The Morgan fingerprint density at radius 3 is 2.67 bits per heavy atom. The number of anilines is 1. The van der Waals surface area contributed by atoms with Gasteiger partial charge in [0.25, 0.3) is 0 Å². The van der Waals surface area contributed by atoms with Crippen molar-refractivity contribution in [2.75, 3.05) is 36.5 Å². The van der Waals surface area contributed by atoms with E-state index in [4.69, 9.17) is 4.52 Å². The lowest BCUT2D eigenvalue weighted by Crippen LogP contribution is -2.45. The largest absolute Gasteiger partial charge is 0.360 e. The van der Waals surface area contributed by atoms with Crippen LogP contribution in [0.3, 0.4) is 0 Å². The van der Waals surface area contributed by atoms with E-state index >= 15 is 0 Å². The van der Waals surface area contributed by atoms with Gasteiger partial charge < -0.3 is 20.1 Å². The molecule has 2 heterocycles. The number of amides is 2. The molecule has 2 N–H and O–H groups in total. The molecule has 24 heavy (non-hydrogen) atoms. The fourth-order valence-corrected chi connectivity index (χ4v) is 3.36. The van der Waals surface area contributed by atoms with Crippen molar-refractivity contribution in [1.29, 1.82) is 0 Å². The normalized spacial score (nSPS) is 16.1. The summed E-state index contributed by atoms with van der Waals surface area (Å²) < 4.78 is 4.88. The second-order valence-electron chi connectivity index (χ2n) is 6.05. The first kappa shape index (κ1) is 18.8. The molecule has 0 aliphatic carbocycles. The summed E-state index contributed by atoms with van der Waals surface area (Å²) in [7, 11) is 0. The van der Waals surface area contributed by atoms with Crippen molar-refractivity contribution in [3.63, 3.8) is 0 Å². The highest BCUT2D eigenvalue weighted by Crippen LogP contribution is 2.11. The van der Waals surface area contributed by atoms with E-state index in [1.165, 1.54) is 18.2 Å². The standard InChI is InChI=1S/C16H26N4O3S/c1-3-6-20-7-4-13(5-8-20)17-15(21)10-24-11-16(22)18-14-9-12(2)23-19-14/h9,13H,3-8,10-11H2,1-2H3,(H,17,21)(H,18,19,22). The first-order valence-corrected chi connectivity index (χ1v) is 9.55. The van der Waals surface area contributed by atoms with Crippen LogP contribution >= 0.6 is 11.8 Å². The molecule has 2 rings (SSSR count). The topological polar surface area (TPSA) is 87.5 Å². The first-order chi connectivity index (χ1) is 11.6. The Kier molecular flexibility index (Phi) is 7.58. The van der Waals surface area contributed by atoms with Crippen molar-refractivity contribution >= 4 is 29.4 Å². The molecule has 0 aromatic carbocycles. The molecule has 8 heteroatoms. The molecular formula is C16H26N4O3S. The van der Waals surface area contributed by atoms with E-state index in [0.717, 1.165) is 32.5 Å². The molecule has 0 saturated carbocycles. The number of carbonyl (C=O) groups excluding carboxylic acids is 2. The Hall–Kier alpha value is -1.54. The van der Waals surface area contributed by atoms with Gasteiger partial charge in [-0.3, -0.25) is 9.59 Å². The van der Waals surface area contributed by atoms with Crippen LogP contribution in [-0.4, -0.2) is 59.1 Å². The van der Waals surface area contributed by atoms with Gasteiger partial charge >= 0.3 is 0 Å². The second kappa shape index (κ2) is 9.68. The van der Waals surface area contributed by atoms with Crippen molar-refractivity contribution in [2.24, 2.45) is 0 Å². The van der Waals surface area contributed by atoms with Crippen LogP contribution in [0.1, 0.15) is 31.9 Å². The van der Waals surface area contributed by atoms with Crippen molar-refractivity contribution < 1.29 is 14.1 Å². The molecule has 0 unspecified atom stereocenters. The third-order valence-electron chi connectivity index (χ3n) is 3.85. The molecule has 0 radical (unpaired) electrons. The number of aryl methyl sites for hydroxylation is 1. The van der Waals surface area contributed by atoms with Crippen LogP contribution in [0.2, 0.25) is 0 Å². The van der Waals surface area contributed by atoms with Crippen LogP contribution in [0.15, 0.2) is 10.6 Å². The number of carbonyl (C=O) groups is 2. The number of likely N-dealkylation sites (tertiary alicyclic amines) is 1. The van der Waals surface area contributed by atoms with E-state index in [0.29, 0.717) is 17.3 Å². The van der Waals surface area contributed by atoms with E-state index < -0.39 is 0 Å². The molecule has 1 fully saturated rings. The summed E-state index contributed by atoms with van der Waals surface area (Å²) in [5.41, 5.74) is 0. The monoisotopic (exact) mass is 354 g/mol. The van der Waals surface area contributed by atoms with Crippen LogP contribution in [0.25, 0.3) is 0 Å². The van der Waals surface area contributed by atoms with Crippen LogP contribution in [0.4, 0.5) is 5.82 Å². The van der Waals surface area contributed by atoms with Crippen molar-refractivity contribution in [3.8, 4) is 0 Å². The summed E-state index contributed by atoms with van der Waals surface area (Å²) in [6.45, 7) is 7.17. The quantitative estimate of drug-likeness (QED) is 0.738. The fourth-order valence-electron chi connectivity index (χ4n) is 2.73. The average Bonchev–Trinajstić information content (AvgIpc) is 2.94. The van der Waals surface area contributed by atoms with Gasteiger partial charge in [0, 0.05) is 25.2 Å². The molecule has 0 spiro atoms. The molecule has 1 aliphatic heterocycles. The van der Waals surface area contributed by atoms with Gasteiger partial charge in [0.05, 0.1) is 11.5 Å². The Bertz CT molecular complexity index is 541. The number of hydrogen-bond acceptors (Lipinski definition) is 6. The highest BCUT2D eigenvalue weighted by molar-refractivity contribution is 8.00. The van der Waals surface area contributed by atoms with E-state index in [1.807, 2.05) is 0 Å². The Labute approximate surface area is 146 Å². The number of aromatic nitrogens is 1. The van der Waals surface area contributed by atoms with Gasteiger partial charge in [-0.1, -0.05) is 12.1 Å². The smallest absolute Gasteiger partial charge is 0.235 e. The predicted molar refractivity (Wildman–Crippen MR) is 95.1 cm³/mol. The Balaban J connectivity index is 1.57. The summed E-state index contributed by atoms with van der Waals surface area (Å²) >= 11 is 1.30. The van der Waals surface area contributed by atoms with Gasteiger partial charge in [-0.2, -0.15) is 0 Å². The maximum Gasteiger partial charge on any atom is 0.235 e. The summed E-state index contributed by atoms with van der Waals surface area (Å²) in [5, 5.41) is 9.39. The molecule has 1 aromatic rings. The zero-order chi connectivity index (χ0) is 17.4. The third kappa shape index (κ3) is 6.52. The SMILES string of the molecule is CCCN1CCC(NC(=O)CSCC(=O)Nc2cc(C)on2)CC1. The zero-order valence-corrected chi connectivity index (χ0v) is 15.2. The summed E-state index contributed by atoms with van der Waals surface area (Å²) in [6.07, 6.45) is 3.18. The predicted octanol–water partition coefficient (Wildman–Crippen LogP) is 1.65. The first-order valence-electron chi connectivity index (χ1n) is 8.39. The van der Waals surface area contributed by atoms with Crippen molar-refractivity contribution in [2.45, 2.75) is 39.2 Å². The number of rotatable bonds is 8. The van der Waals surface area contributed by atoms with E-state index in [1.54, 1.807) is 13.0 Å². The summed E-state index contributed by atoms with van der Waals surface area (Å²) in [5.74, 6) is 1.37. The number of thioether (sulfide) groups is 1. The summed E-state index contributed by atoms with van der Waals surface area (Å²) in [6, 6.07) is 1.92. The fraction of sp³-hybridized carbons (Fsp3) is 0.688. The average molecular weight is 354 g/mol. The molecule has 0 bridgehead atoms. The zero-order valence-electron chi connectivity index (χ0n) is 14.3. The van der Waals surface area contributed by atoms with Crippen molar-refractivity contribution in [3.05, 3.63) is 11.8 Å². The van der Waals surface area contributed by atoms with Crippen LogP contribution in [0, 0.1) is 6.92 Å². The van der Waals surface area contributed by atoms with Gasteiger partial charge in [-0.25, -0.2) is 0 Å². The lowest BCUT2D eigenvalue weighted by atomic mass is 10.1. The van der Waals surface area contributed by atoms with Crippen molar-refractivity contribution in [1.82, 2.24) is 15.4 Å². The van der Waals surface area contributed by atoms with Gasteiger partial charge in [0.2, 0.25) is 11.8 Å². The minimum atomic E-state index is -0.186. The molecule has 1 aliphatic rings. The Morgan fingerprint density at radius 1 is 1.33 bits per heavy atom. The minimum absolute atomic E-state index is 0.000905. The molecule has 7 nitrogen and oxygen atoms in total. The number of nitrogens with one attached hydrogen (secondary N) is 2. The van der Waals surface area contributed by atoms with Gasteiger partial charge in [0.1, 0.15) is 5.76 Å². The van der Waals surface area contributed by atoms with E-state index in [2.05, 4.69) is 27.6 Å². The van der Waals surface area contributed by atoms with Gasteiger partial charge in [-0.15, -0.1) is 11.8 Å². The van der Waals surface area contributed by atoms with Gasteiger partial charge in [0.15, 0.2) is 5.82 Å². The number of nitrogens with zero attached hydrogens (tertiary/aromatic N) is 2. The summed E-state index contributed by atoms with van der Waals surface area (Å²) in [4.78, 5) is 26.1. The molecule has 2 amide bonds. The maximum atomic E-state index is 12.0. The highest BCUT2D eigenvalue weighted by Gasteiger charge is 2.20. The minimum Gasteiger partial charge on any atom is -0.360 e. The van der Waals surface area contributed by atoms with Gasteiger partial charge in [-0.05, 0) is 32.7 Å². The lowest BCUT2D eigenvalue weighted by Gasteiger charge is -2.32. The molecule has 1 aromatic heterocycles. The van der Waals surface area contributed by atoms with Crippen LogP contribution < -0.4 is 10.6 Å². The lowest BCUT2D eigenvalue weighted by molar-refractivity contribution is -0.119. The van der Waals surface area contributed by atoms with E-state index in [9.17, 15) is 9.59 Å². The van der Waals surface area contributed by atoms with Crippen LogP contribution in [0.5, 0.6) is 0 Å².